The van der Waals surface area contributed by atoms with E-state index in [0.29, 0.717) is 54.1 Å². The Morgan fingerprint density at radius 2 is 1.95 bits per heavy atom. The molecule has 1 aromatic heterocycles. The highest BCUT2D eigenvalue weighted by atomic mass is 16.6. The SMILES string of the molecule is CC(C)(C)OC(=O)N1CCCC(c2cc(-c3c(O)cccc3OCc3ccccc3)nc(N)c2C=O)C1. The van der Waals surface area contributed by atoms with E-state index in [1.54, 1.807) is 29.2 Å². The van der Waals surface area contributed by atoms with Crippen LogP contribution in [0.3, 0.4) is 0 Å². The number of anilines is 1. The zero-order valence-electron chi connectivity index (χ0n) is 21.4. The Hall–Kier alpha value is -4.07. The number of benzene rings is 2. The zero-order chi connectivity index (χ0) is 26.6. The number of carbonyl (C=O) groups is 2. The third-order valence-electron chi connectivity index (χ3n) is 6.25. The Kier molecular flexibility index (Phi) is 7.66. The number of aromatic nitrogens is 1. The molecule has 2 heterocycles. The van der Waals surface area contributed by atoms with E-state index < -0.39 is 5.60 Å². The molecule has 0 bridgehead atoms. The van der Waals surface area contributed by atoms with Crippen LogP contribution in [0.5, 0.6) is 11.5 Å². The summed E-state index contributed by atoms with van der Waals surface area (Å²) >= 11 is 0. The van der Waals surface area contributed by atoms with Crippen molar-refractivity contribution in [2.75, 3.05) is 18.8 Å². The average Bonchev–Trinajstić information content (AvgIpc) is 2.86. The highest BCUT2D eigenvalue weighted by Gasteiger charge is 2.31. The van der Waals surface area contributed by atoms with Gasteiger partial charge in [-0.1, -0.05) is 36.4 Å². The Bertz CT molecular complexity index is 1270. The fourth-order valence-corrected chi connectivity index (χ4v) is 4.55. The predicted molar refractivity (Wildman–Crippen MR) is 142 cm³/mol. The minimum Gasteiger partial charge on any atom is -0.507 e. The van der Waals surface area contributed by atoms with Gasteiger partial charge in [-0.15, -0.1) is 0 Å². The fourth-order valence-electron chi connectivity index (χ4n) is 4.55. The van der Waals surface area contributed by atoms with Crippen LogP contribution in [0.15, 0.2) is 54.6 Å². The van der Waals surface area contributed by atoms with Crippen molar-refractivity contribution in [2.24, 2.45) is 0 Å². The van der Waals surface area contributed by atoms with Crippen molar-refractivity contribution < 1.29 is 24.2 Å². The van der Waals surface area contributed by atoms with E-state index >= 15 is 0 Å². The number of rotatable bonds is 6. The average molecular weight is 504 g/mol. The number of piperidine rings is 1. The number of hydrogen-bond acceptors (Lipinski definition) is 7. The molecule has 4 rings (SSSR count). The lowest BCUT2D eigenvalue weighted by Crippen LogP contribution is -2.42. The van der Waals surface area contributed by atoms with E-state index in [1.165, 1.54) is 0 Å². The molecule has 8 nitrogen and oxygen atoms in total. The van der Waals surface area contributed by atoms with Gasteiger partial charge in [-0.05, 0) is 62.9 Å². The van der Waals surface area contributed by atoms with Crippen molar-refractivity contribution in [1.29, 1.82) is 0 Å². The first-order valence-corrected chi connectivity index (χ1v) is 12.4. The molecule has 0 saturated carbocycles. The van der Waals surface area contributed by atoms with Crippen molar-refractivity contribution in [2.45, 2.75) is 51.7 Å². The van der Waals surface area contributed by atoms with Gasteiger partial charge in [0.25, 0.3) is 0 Å². The normalized spacial score (nSPS) is 15.8. The van der Waals surface area contributed by atoms with Gasteiger partial charge in [0.05, 0.1) is 16.8 Å². The molecule has 1 saturated heterocycles. The van der Waals surface area contributed by atoms with Gasteiger partial charge in [0.15, 0.2) is 6.29 Å². The highest BCUT2D eigenvalue weighted by molar-refractivity contribution is 5.87. The third-order valence-corrected chi connectivity index (χ3v) is 6.25. The second-order valence-corrected chi connectivity index (χ2v) is 10.2. The summed E-state index contributed by atoms with van der Waals surface area (Å²) in [5.74, 6) is 0.347. The molecule has 194 valence electrons. The lowest BCUT2D eigenvalue weighted by atomic mass is 9.87. The smallest absolute Gasteiger partial charge is 0.410 e. The third kappa shape index (κ3) is 6.20. The largest absolute Gasteiger partial charge is 0.507 e. The van der Waals surface area contributed by atoms with Crippen molar-refractivity contribution in [1.82, 2.24) is 9.88 Å². The van der Waals surface area contributed by atoms with Gasteiger partial charge in [-0.3, -0.25) is 4.79 Å². The Morgan fingerprint density at radius 1 is 1.19 bits per heavy atom. The lowest BCUT2D eigenvalue weighted by molar-refractivity contribution is 0.0198. The molecule has 1 fully saturated rings. The number of likely N-dealkylation sites (tertiary alicyclic amines) is 1. The van der Waals surface area contributed by atoms with Crippen LogP contribution < -0.4 is 10.5 Å². The molecule has 2 aromatic carbocycles. The van der Waals surface area contributed by atoms with Gasteiger partial charge >= 0.3 is 6.09 Å². The number of aromatic hydroxyl groups is 1. The van der Waals surface area contributed by atoms with Gasteiger partial charge < -0.3 is 25.2 Å². The summed E-state index contributed by atoms with van der Waals surface area (Å²) in [6.45, 7) is 6.76. The number of nitrogens with two attached hydrogens (primary N) is 1. The Labute approximate surface area is 217 Å². The van der Waals surface area contributed by atoms with E-state index in [-0.39, 0.29) is 23.6 Å². The first kappa shape index (κ1) is 26.0. The minimum atomic E-state index is -0.604. The van der Waals surface area contributed by atoms with E-state index in [9.17, 15) is 14.7 Å². The van der Waals surface area contributed by atoms with E-state index in [0.717, 1.165) is 18.4 Å². The number of phenols is 1. The number of phenolic OH excluding ortho intramolecular Hbond substituents is 1. The molecule has 1 unspecified atom stereocenters. The quantitative estimate of drug-likeness (QED) is 0.424. The topological polar surface area (TPSA) is 115 Å². The predicted octanol–water partition coefficient (Wildman–Crippen LogP) is 5.54. The number of carbonyl (C=O) groups excluding carboxylic acids is 2. The minimum absolute atomic E-state index is 0.0127. The molecule has 1 atom stereocenters. The molecule has 0 radical (unpaired) electrons. The summed E-state index contributed by atoms with van der Waals surface area (Å²) in [4.78, 5) is 30.9. The van der Waals surface area contributed by atoms with Crippen LogP contribution in [0, 0.1) is 0 Å². The number of aldehydes is 1. The van der Waals surface area contributed by atoms with E-state index in [1.807, 2.05) is 51.1 Å². The number of nitrogen functional groups attached to an aromatic ring is 1. The monoisotopic (exact) mass is 503 g/mol. The van der Waals surface area contributed by atoms with Crippen molar-refractivity contribution in [3.8, 4) is 22.8 Å². The molecular formula is C29H33N3O5. The van der Waals surface area contributed by atoms with E-state index in [2.05, 4.69) is 4.98 Å². The highest BCUT2D eigenvalue weighted by Crippen LogP contribution is 2.40. The van der Waals surface area contributed by atoms with Crippen LogP contribution >= 0.6 is 0 Å². The summed E-state index contributed by atoms with van der Waals surface area (Å²) in [6, 6.07) is 16.5. The molecule has 0 aliphatic carbocycles. The maximum absolute atomic E-state index is 12.7. The number of hydrogen-bond donors (Lipinski definition) is 2. The number of pyridine rings is 1. The van der Waals surface area contributed by atoms with Gasteiger partial charge in [0.1, 0.15) is 29.5 Å². The molecule has 37 heavy (non-hydrogen) atoms. The summed E-state index contributed by atoms with van der Waals surface area (Å²) in [5.41, 5.74) is 8.39. The maximum Gasteiger partial charge on any atom is 0.410 e. The number of nitrogens with zero attached hydrogens (tertiary/aromatic N) is 2. The zero-order valence-corrected chi connectivity index (χ0v) is 21.4. The van der Waals surface area contributed by atoms with Gasteiger partial charge in [0, 0.05) is 19.0 Å². The standard InChI is InChI=1S/C29H33N3O5/c1-29(2,3)37-28(35)32-14-8-11-20(16-32)21-15-23(31-27(30)22(21)17-33)26-24(34)12-7-13-25(26)36-18-19-9-5-4-6-10-19/h4-7,9-10,12-13,15,17,20,34H,8,11,14,16,18H2,1-3H3,(H2,30,31). The molecule has 1 aliphatic rings. The van der Waals surface area contributed by atoms with Crippen LogP contribution in [0.2, 0.25) is 0 Å². The molecule has 3 N–H and O–H groups in total. The maximum atomic E-state index is 12.7. The van der Waals surface area contributed by atoms with Crippen molar-refractivity contribution in [3.05, 3.63) is 71.3 Å². The van der Waals surface area contributed by atoms with Gasteiger partial charge in [-0.25, -0.2) is 9.78 Å². The van der Waals surface area contributed by atoms with E-state index in [4.69, 9.17) is 15.2 Å². The summed E-state index contributed by atoms with van der Waals surface area (Å²) in [6.07, 6.45) is 1.83. The molecular weight excluding hydrogens is 470 g/mol. The molecule has 1 aliphatic heterocycles. The van der Waals surface area contributed by atoms with Crippen molar-refractivity contribution >= 4 is 18.2 Å². The van der Waals surface area contributed by atoms with Crippen LogP contribution in [-0.4, -0.2) is 46.1 Å². The van der Waals surface area contributed by atoms with Crippen LogP contribution in [0.1, 0.15) is 61.0 Å². The first-order valence-electron chi connectivity index (χ1n) is 12.4. The fraction of sp³-hybridized carbons (Fsp3) is 0.345. The first-order chi connectivity index (χ1) is 17.7. The second-order valence-electron chi connectivity index (χ2n) is 10.2. The molecule has 3 aromatic rings. The van der Waals surface area contributed by atoms with Gasteiger partial charge in [-0.2, -0.15) is 0 Å². The van der Waals surface area contributed by atoms with Crippen LogP contribution in [-0.2, 0) is 11.3 Å². The number of ether oxygens (including phenoxy) is 2. The second kappa shape index (κ2) is 10.9. The molecule has 0 spiro atoms. The van der Waals surface area contributed by atoms with Crippen LogP contribution in [0.4, 0.5) is 10.6 Å². The Balaban J connectivity index is 1.68. The van der Waals surface area contributed by atoms with Crippen molar-refractivity contribution in [3.63, 3.8) is 0 Å². The van der Waals surface area contributed by atoms with Crippen LogP contribution in [0.25, 0.3) is 11.3 Å². The summed E-state index contributed by atoms with van der Waals surface area (Å²) in [5, 5.41) is 10.8. The Morgan fingerprint density at radius 3 is 2.65 bits per heavy atom. The summed E-state index contributed by atoms with van der Waals surface area (Å²) in [7, 11) is 0. The van der Waals surface area contributed by atoms with Gasteiger partial charge in [0.2, 0.25) is 0 Å². The molecule has 8 heteroatoms. The lowest BCUT2D eigenvalue weighted by Gasteiger charge is -2.35. The number of amides is 1. The molecule has 1 amide bonds. The summed E-state index contributed by atoms with van der Waals surface area (Å²) < 4.78 is 11.6.